The molecule has 0 saturated heterocycles. The van der Waals surface area contributed by atoms with E-state index in [0.717, 1.165) is 5.56 Å². The molecular weight excluding hydrogens is 294 g/mol. The van der Waals surface area contributed by atoms with Crippen LogP contribution < -0.4 is 14.2 Å². The normalized spacial score (nSPS) is 11.0. The highest BCUT2D eigenvalue weighted by atomic mass is 32.2. The Morgan fingerprint density at radius 3 is 2.24 bits per heavy atom. The zero-order valence-electron chi connectivity index (χ0n) is 11.8. The van der Waals surface area contributed by atoms with Crippen molar-refractivity contribution >= 4 is 16.0 Å². The summed E-state index contributed by atoms with van der Waals surface area (Å²) < 4.78 is 37.4. The van der Waals surface area contributed by atoms with Crippen molar-refractivity contribution in [3.63, 3.8) is 0 Å². The standard InChI is InChI=1S/C13H15N3O4S/c1-9-7-11(20-3)12(8-10(9)19-2)21(17,18)16-13-14-5-4-6-15-13/h4-8H,1-3H3,(H,14,15,16). The molecule has 0 aliphatic carbocycles. The van der Waals surface area contributed by atoms with Crippen LogP contribution in [0.25, 0.3) is 0 Å². The molecule has 0 fully saturated rings. The van der Waals surface area contributed by atoms with Gasteiger partial charge in [0.25, 0.3) is 10.0 Å². The Kier molecular flexibility index (Phi) is 4.27. The summed E-state index contributed by atoms with van der Waals surface area (Å²) in [6.45, 7) is 1.80. The van der Waals surface area contributed by atoms with Gasteiger partial charge in [0.2, 0.25) is 5.95 Å². The van der Waals surface area contributed by atoms with Gasteiger partial charge in [-0.15, -0.1) is 0 Å². The quantitative estimate of drug-likeness (QED) is 0.902. The van der Waals surface area contributed by atoms with Gasteiger partial charge in [-0.1, -0.05) is 0 Å². The van der Waals surface area contributed by atoms with Crippen LogP contribution in [0.3, 0.4) is 0 Å². The SMILES string of the molecule is COc1cc(S(=O)(=O)Nc2ncccn2)c(OC)cc1C. The fourth-order valence-electron chi connectivity index (χ4n) is 1.76. The van der Waals surface area contributed by atoms with Crippen molar-refractivity contribution in [1.29, 1.82) is 0 Å². The van der Waals surface area contributed by atoms with Gasteiger partial charge >= 0.3 is 0 Å². The van der Waals surface area contributed by atoms with Gasteiger partial charge in [-0.3, -0.25) is 0 Å². The van der Waals surface area contributed by atoms with Gasteiger partial charge in [0, 0.05) is 18.5 Å². The second-order valence-corrected chi connectivity index (χ2v) is 5.80. The third-order valence-corrected chi connectivity index (χ3v) is 4.11. The van der Waals surface area contributed by atoms with Crippen molar-refractivity contribution in [1.82, 2.24) is 9.97 Å². The Balaban J connectivity index is 2.48. The first kappa shape index (κ1) is 15.0. The fourth-order valence-corrected chi connectivity index (χ4v) is 2.88. The molecule has 0 atom stereocenters. The summed E-state index contributed by atoms with van der Waals surface area (Å²) in [4.78, 5) is 7.62. The van der Waals surface area contributed by atoms with Crippen molar-refractivity contribution in [2.45, 2.75) is 11.8 Å². The van der Waals surface area contributed by atoms with E-state index in [4.69, 9.17) is 9.47 Å². The van der Waals surface area contributed by atoms with Crippen LogP contribution in [-0.4, -0.2) is 32.6 Å². The van der Waals surface area contributed by atoms with Gasteiger partial charge in [0.05, 0.1) is 14.2 Å². The minimum absolute atomic E-state index is 0.0147. The molecule has 0 aliphatic heterocycles. The Labute approximate surface area is 123 Å². The summed E-state index contributed by atoms with van der Waals surface area (Å²) in [6.07, 6.45) is 2.88. The van der Waals surface area contributed by atoms with Crippen molar-refractivity contribution < 1.29 is 17.9 Å². The Morgan fingerprint density at radius 2 is 1.67 bits per heavy atom. The summed E-state index contributed by atoms with van der Waals surface area (Å²) in [5.41, 5.74) is 0.768. The fraction of sp³-hybridized carbons (Fsp3) is 0.231. The molecule has 1 aromatic carbocycles. The van der Waals surface area contributed by atoms with Crippen molar-refractivity contribution in [3.05, 3.63) is 36.2 Å². The van der Waals surface area contributed by atoms with Crippen LogP contribution in [0.4, 0.5) is 5.95 Å². The minimum atomic E-state index is -3.89. The molecule has 8 heteroatoms. The molecule has 2 rings (SSSR count). The number of rotatable bonds is 5. The van der Waals surface area contributed by atoms with Crippen LogP contribution in [0.15, 0.2) is 35.5 Å². The molecule has 7 nitrogen and oxygen atoms in total. The number of nitrogens with one attached hydrogen (secondary N) is 1. The Bertz CT molecular complexity index is 733. The molecule has 0 amide bonds. The van der Waals surface area contributed by atoms with Crippen LogP contribution in [0.5, 0.6) is 11.5 Å². The zero-order chi connectivity index (χ0) is 15.5. The van der Waals surface area contributed by atoms with E-state index in [0.29, 0.717) is 5.75 Å². The third kappa shape index (κ3) is 3.22. The number of anilines is 1. The maximum Gasteiger partial charge on any atom is 0.268 e. The number of hydrogen-bond acceptors (Lipinski definition) is 6. The average Bonchev–Trinajstić information content (AvgIpc) is 2.47. The smallest absolute Gasteiger partial charge is 0.268 e. The maximum atomic E-state index is 12.4. The highest BCUT2D eigenvalue weighted by molar-refractivity contribution is 7.92. The van der Waals surface area contributed by atoms with Gasteiger partial charge in [-0.05, 0) is 24.6 Å². The van der Waals surface area contributed by atoms with Gasteiger partial charge in [0.15, 0.2) is 0 Å². The predicted molar refractivity (Wildman–Crippen MR) is 77.1 cm³/mol. The Morgan fingerprint density at radius 1 is 1.05 bits per heavy atom. The molecule has 0 saturated carbocycles. The number of benzene rings is 1. The molecule has 21 heavy (non-hydrogen) atoms. The predicted octanol–water partition coefficient (Wildman–Crippen LogP) is 1.60. The van der Waals surface area contributed by atoms with E-state index < -0.39 is 10.0 Å². The molecule has 0 radical (unpaired) electrons. The van der Waals surface area contributed by atoms with Gasteiger partial charge in [-0.2, -0.15) is 0 Å². The molecule has 0 bridgehead atoms. The molecule has 1 heterocycles. The number of sulfonamides is 1. The molecule has 1 N–H and O–H groups in total. The Hall–Kier alpha value is -2.35. The monoisotopic (exact) mass is 309 g/mol. The lowest BCUT2D eigenvalue weighted by molar-refractivity contribution is 0.390. The lowest BCUT2D eigenvalue weighted by Gasteiger charge is -2.13. The summed E-state index contributed by atoms with van der Waals surface area (Å²) in [7, 11) is -1.01. The second-order valence-electron chi connectivity index (χ2n) is 4.15. The van der Waals surface area contributed by atoms with Gasteiger partial charge in [-0.25, -0.2) is 23.1 Å². The van der Waals surface area contributed by atoms with Gasteiger partial charge < -0.3 is 9.47 Å². The first-order valence-corrected chi connectivity index (χ1v) is 7.48. The van der Waals surface area contributed by atoms with E-state index in [2.05, 4.69) is 14.7 Å². The molecule has 1 aromatic heterocycles. The first-order chi connectivity index (χ1) is 9.97. The number of hydrogen-bond donors (Lipinski definition) is 1. The highest BCUT2D eigenvalue weighted by Gasteiger charge is 2.22. The van der Waals surface area contributed by atoms with Crippen molar-refractivity contribution in [2.24, 2.45) is 0 Å². The van der Waals surface area contributed by atoms with E-state index in [1.54, 1.807) is 19.1 Å². The maximum absolute atomic E-state index is 12.4. The van der Waals surface area contributed by atoms with Crippen LogP contribution >= 0.6 is 0 Å². The van der Waals surface area contributed by atoms with Crippen molar-refractivity contribution in [3.8, 4) is 11.5 Å². The van der Waals surface area contributed by atoms with Crippen LogP contribution in [0.2, 0.25) is 0 Å². The zero-order valence-corrected chi connectivity index (χ0v) is 12.6. The van der Waals surface area contributed by atoms with Crippen LogP contribution in [0, 0.1) is 6.92 Å². The number of ether oxygens (including phenoxy) is 2. The summed E-state index contributed by atoms with van der Waals surface area (Å²) in [5, 5.41) is 0. The lowest BCUT2D eigenvalue weighted by Crippen LogP contribution is -2.16. The van der Waals surface area contributed by atoms with E-state index in [1.165, 1.54) is 32.7 Å². The van der Waals surface area contributed by atoms with Crippen LogP contribution in [-0.2, 0) is 10.0 Å². The lowest BCUT2D eigenvalue weighted by atomic mass is 10.2. The first-order valence-electron chi connectivity index (χ1n) is 6.00. The largest absolute Gasteiger partial charge is 0.496 e. The summed E-state index contributed by atoms with van der Waals surface area (Å²) in [6, 6.07) is 4.59. The molecule has 2 aromatic rings. The number of aromatic nitrogens is 2. The number of methoxy groups -OCH3 is 2. The third-order valence-electron chi connectivity index (χ3n) is 2.76. The van der Waals surface area contributed by atoms with Crippen LogP contribution in [0.1, 0.15) is 5.56 Å². The topological polar surface area (TPSA) is 90.4 Å². The molecular formula is C13H15N3O4S. The van der Waals surface area contributed by atoms with E-state index >= 15 is 0 Å². The summed E-state index contributed by atoms with van der Waals surface area (Å²) >= 11 is 0. The number of nitrogens with zero attached hydrogens (tertiary/aromatic N) is 2. The second kappa shape index (κ2) is 5.96. The van der Waals surface area contributed by atoms with E-state index in [9.17, 15) is 8.42 Å². The molecule has 0 aliphatic rings. The molecule has 0 spiro atoms. The van der Waals surface area contributed by atoms with E-state index in [-0.39, 0.29) is 16.6 Å². The number of aryl methyl sites for hydroxylation is 1. The summed E-state index contributed by atoms with van der Waals surface area (Å²) in [5.74, 6) is 0.654. The van der Waals surface area contributed by atoms with E-state index in [1.807, 2.05) is 0 Å². The average molecular weight is 309 g/mol. The van der Waals surface area contributed by atoms with Crippen molar-refractivity contribution in [2.75, 3.05) is 18.9 Å². The van der Waals surface area contributed by atoms with Gasteiger partial charge in [0.1, 0.15) is 16.4 Å². The molecule has 0 unspecified atom stereocenters. The molecule has 112 valence electrons. The highest BCUT2D eigenvalue weighted by Crippen LogP contribution is 2.32. The minimum Gasteiger partial charge on any atom is -0.496 e.